The average molecular weight is 438 g/mol. The Hall–Kier alpha value is -3.06. The molecule has 0 saturated carbocycles. The Kier molecular flexibility index (Phi) is 6.37. The average Bonchev–Trinajstić information content (AvgIpc) is 3.31. The lowest BCUT2D eigenvalue weighted by Gasteiger charge is -2.41. The van der Waals surface area contributed by atoms with Crippen LogP contribution in [0.4, 0.5) is 4.39 Å². The molecule has 0 N–H and O–H groups in total. The second kappa shape index (κ2) is 9.20. The normalized spacial score (nSPS) is 18.7. The lowest BCUT2D eigenvalue weighted by atomic mass is 9.76. The van der Waals surface area contributed by atoms with E-state index in [4.69, 9.17) is 9.26 Å². The highest BCUT2D eigenvalue weighted by Gasteiger charge is 2.42. The van der Waals surface area contributed by atoms with Crippen LogP contribution in [-0.4, -0.2) is 47.8 Å². The van der Waals surface area contributed by atoms with Gasteiger partial charge in [-0.3, -0.25) is 4.79 Å². The molecule has 1 aliphatic rings. The van der Waals surface area contributed by atoms with E-state index in [9.17, 15) is 9.18 Å². The number of likely N-dealkylation sites (tertiary alicyclic amines) is 1. The first-order chi connectivity index (χ1) is 15.4. The molecule has 0 spiro atoms. The molecule has 0 radical (unpaired) electrons. The second-order valence-electron chi connectivity index (χ2n) is 8.58. The van der Waals surface area contributed by atoms with Crippen molar-refractivity contribution in [1.29, 1.82) is 0 Å². The highest BCUT2D eigenvalue weighted by Crippen LogP contribution is 2.37. The number of nitrogens with zero attached hydrogens (tertiary/aromatic N) is 3. The van der Waals surface area contributed by atoms with E-state index in [1.165, 1.54) is 12.1 Å². The minimum absolute atomic E-state index is 0.0110. The van der Waals surface area contributed by atoms with E-state index >= 15 is 0 Å². The van der Waals surface area contributed by atoms with Gasteiger partial charge in [0, 0.05) is 37.9 Å². The Morgan fingerprint density at radius 1 is 1.19 bits per heavy atom. The van der Waals surface area contributed by atoms with Gasteiger partial charge >= 0.3 is 0 Å². The first-order valence-electron chi connectivity index (χ1n) is 10.9. The summed E-state index contributed by atoms with van der Waals surface area (Å²) in [6.45, 7) is 5.75. The fourth-order valence-corrected chi connectivity index (χ4v) is 4.31. The van der Waals surface area contributed by atoms with Gasteiger partial charge in [0.1, 0.15) is 5.82 Å². The molecule has 1 amide bonds. The summed E-state index contributed by atoms with van der Waals surface area (Å²) in [5.41, 5.74) is 3.14. The number of halogens is 1. The SMILES string of the molecule is COCCC1(c2noc(-c3ccc(F)cc3)n2)CCCN(C(=O)c2ccc(C)c(C)c2)C1. The summed E-state index contributed by atoms with van der Waals surface area (Å²) in [7, 11) is 1.66. The quantitative estimate of drug-likeness (QED) is 0.559. The highest BCUT2D eigenvalue weighted by molar-refractivity contribution is 5.94. The molecule has 1 atom stereocenters. The van der Waals surface area contributed by atoms with Crippen molar-refractivity contribution in [1.82, 2.24) is 15.0 Å². The van der Waals surface area contributed by atoms with Crippen molar-refractivity contribution < 1.29 is 18.4 Å². The Morgan fingerprint density at radius 2 is 1.97 bits per heavy atom. The molecular weight excluding hydrogens is 409 g/mol. The molecule has 7 heteroatoms. The van der Waals surface area contributed by atoms with Gasteiger partial charge in [-0.1, -0.05) is 11.2 Å². The van der Waals surface area contributed by atoms with Crippen LogP contribution in [0, 0.1) is 19.7 Å². The number of ether oxygens (including phenoxy) is 1. The molecule has 32 heavy (non-hydrogen) atoms. The Bertz CT molecular complexity index is 1100. The first-order valence-corrected chi connectivity index (χ1v) is 10.9. The van der Waals surface area contributed by atoms with E-state index in [1.807, 2.05) is 36.9 Å². The number of carbonyl (C=O) groups is 1. The van der Waals surface area contributed by atoms with Crippen molar-refractivity contribution in [3.8, 4) is 11.5 Å². The fourth-order valence-electron chi connectivity index (χ4n) is 4.31. The molecule has 0 bridgehead atoms. The van der Waals surface area contributed by atoms with Crippen molar-refractivity contribution in [3.63, 3.8) is 0 Å². The molecule has 1 saturated heterocycles. The predicted molar refractivity (Wildman–Crippen MR) is 119 cm³/mol. The largest absolute Gasteiger partial charge is 0.385 e. The molecule has 168 valence electrons. The molecule has 2 heterocycles. The van der Waals surface area contributed by atoms with E-state index < -0.39 is 5.41 Å². The van der Waals surface area contributed by atoms with E-state index in [0.29, 0.717) is 49.0 Å². The second-order valence-corrected chi connectivity index (χ2v) is 8.58. The van der Waals surface area contributed by atoms with Gasteiger partial charge in [-0.15, -0.1) is 0 Å². The van der Waals surface area contributed by atoms with Crippen LogP contribution >= 0.6 is 0 Å². The summed E-state index contributed by atoms with van der Waals surface area (Å²) in [5, 5.41) is 4.28. The molecule has 1 aromatic heterocycles. The molecule has 4 rings (SSSR count). The zero-order chi connectivity index (χ0) is 22.7. The van der Waals surface area contributed by atoms with Crippen molar-refractivity contribution in [2.75, 3.05) is 26.8 Å². The van der Waals surface area contributed by atoms with E-state index in [0.717, 1.165) is 24.0 Å². The number of methoxy groups -OCH3 is 1. The van der Waals surface area contributed by atoms with E-state index in [1.54, 1.807) is 19.2 Å². The molecule has 1 aliphatic heterocycles. The number of hydrogen-bond donors (Lipinski definition) is 0. The summed E-state index contributed by atoms with van der Waals surface area (Å²) in [6.07, 6.45) is 2.33. The molecule has 1 fully saturated rings. The molecular formula is C25H28FN3O3. The summed E-state index contributed by atoms with van der Waals surface area (Å²) in [5.74, 6) is 0.593. The van der Waals surface area contributed by atoms with Gasteiger partial charge in [0.2, 0.25) is 0 Å². The fraction of sp³-hybridized carbons (Fsp3) is 0.400. The minimum Gasteiger partial charge on any atom is -0.385 e. The standard InChI is InChI=1S/C25H28FN3O3/c1-17-5-6-20(15-18(17)2)23(30)29-13-4-11-25(16-29,12-14-31-3)24-27-22(32-28-24)19-7-9-21(26)10-8-19/h5-10,15H,4,11-14,16H2,1-3H3. The van der Waals surface area contributed by atoms with E-state index in [-0.39, 0.29) is 11.7 Å². The summed E-state index contributed by atoms with van der Waals surface area (Å²) < 4.78 is 24.2. The number of aromatic nitrogens is 2. The minimum atomic E-state index is -0.467. The van der Waals surface area contributed by atoms with Gasteiger partial charge in [0.05, 0.1) is 5.41 Å². The number of aryl methyl sites for hydroxylation is 2. The zero-order valence-corrected chi connectivity index (χ0v) is 18.7. The number of amides is 1. The maximum absolute atomic E-state index is 13.3. The Morgan fingerprint density at radius 3 is 2.69 bits per heavy atom. The summed E-state index contributed by atoms with van der Waals surface area (Å²) in [4.78, 5) is 19.9. The number of rotatable bonds is 6. The van der Waals surface area contributed by atoms with Crippen LogP contribution in [0.15, 0.2) is 47.0 Å². The lowest BCUT2D eigenvalue weighted by Crippen LogP contribution is -2.49. The van der Waals surface area contributed by atoms with Gasteiger partial charge in [-0.25, -0.2) is 4.39 Å². The van der Waals surface area contributed by atoms with Gasteiger partial charge < -0.3 is 14.2 Å². The van der Waals surface area contributed by atoms with Crippen molar-refractivity contribution >= 4 is 5.91 Å². The van der Waals surface area contributed by atoms with Crippen LogP contribution in [-0.2, 0) is 10.2 Å². The molecule has 3 aromatic rings. The third kappa shape index (κ3) is 4.43. The van der Waals surface area contributed by atoms with Crippen LogP contribution in [0.2, 0.25) is 0 Å². The van der Waals surface area contributed by atoms with Gasteiger partial charge in [0.25, 0.3) is 11.8 Å². The number of benzene rings is 2. The molecule has 0 aliphatic carbocycles. The number of hydrogen-bond acceptors (Lipinski definition) is 5. The molecule has 2 aromatic carbocycles. The third-order valence-corrected chi connectivity index (χ3v) is 6.39. The Labute approximate surface area is 187 Å². The maximum Gasteiger partial charge on any atom is 0.257 e. The van der Waals surface area contributed by atoms with Crippen molar-refractivity contribution in [2.24, 2.45) is 0 Å². The highest BCUT2D eigenvalue weighted by atomic mass is 19.1. The predicted octanol–water partition coefficient (Wildman–Crippen LogP) is 4.70. The molecule has 6 nitrogen and oxygen atoms in total. The maximum atomic E-state index is 13.3. The van der Waals surface area contributed by atoms with E-state index in [2.05, 4.69) is 10.1 Å². The number of piperidine rings is 1. The van der Waals surface area contributed by atoms with Crippen LogP contribution < -0.4 is 0 Å². The van der Waals surface area contributed by atoms with Crippen LogP contribution in [0.5, 0.6) is 0 Å². The van der Waals surface area contributed by atoms with Gasteiger partial charge in [0.15, 0.2) is 5.82 Å². The monoisotopic (exact) mass is 437 g/mol. The molecule has 1 unspecified atom stereocenters. The Balaban J connectivity index is 1.63. The van der Waals surface area contributed by atoms with Crippen molar-refractivity contribution in [2.45, 2.75) is 38.5 Å². The van der Waals surface area contributed by atoms with Crippen LogP contribution in [0.3, 0.4) is 0 Å². The summed E-state index contributed by atoms with van der Waals surface area (Å²) >= 11 is 0. The van der Waals surface area contributed by atoms with Crippen molar-refractivity contribution in [3.05, 3.63) is 70.8 Å². The smallest absolute Gasteiger partial charge is 0.257 e. The van der Waals surface area contributed by atoms with Gasteiger partial charge in [-0.2, -0.15) is 4.98 Å². The zero-order valence-electron chi connectivity index (χ0n) is 18.7. The summed E-state index contributed by atoms with van der Waals surface area (Å²) in [6, 6.07) is 11.8. The van der Waals surface area contributed by atoms with Gasteiger partial charge in [-0.05, 0) is 80.6 Å². The first kappa shape index (κ1) is 22.1. The third-order valence-electron chi connectivity index (χ3n) is 6.39. The van der Waals surface area contributed by atoms with Crippen LogP contribution in [0.1, 0.15) is 46.6 Å². The topological polar surface area (TPSA) is 68.5 Å². The lowest BCUT2D eigenvalue weighted by molar-refractivity contribution is 0.0567. The van der Waals surface area contributed by atoms with Crippen LogP contribution in [0.25, 0.3) is 11.5 Å². The number of carbonyl (C=O) groups excluding carboxylic acids is 1.